The lowest BCUT2D eigenvalue weighted by Gasteiger charge is -2.18. The lowest BCUT2D eigenvalue weighted by molar-refractivity contribution is -0.114. The molecule has 0 saturated carbocycles. The molecule has 1 aliphatic heterocycles. The van der Waals surface area contributed by atoms with Crippen molar-refractivity contribution in [2.75, 3.05) is 20.6 Å². The summed E-state index contributed by atoms with van der Waals surface area (Å²) in [7, 11) is -0.799. The Morgan fingerprint density at radius 3 is 2.92 bits per heavy atom. The van der Waals surface area contributed by atoms with Gasteiger partial charge in [-0.1, -0.05) is 0 Å². The van der Waals surface area contributed by atoms with Gasteiger partial charge in [0.05, 0.1) is 6.33 Å². The number of ether oxygens (including phenoxy) is 2. The first-order valence-electron chi connectivity index (χ1n) is 6.83. The maximum Gasteiger partial charge on any atom is 0.355 e. The monoisotopic (exact) mass is 357 g/mol. The molecule has 0 fully saturated rings. The molecule has 1 aliphatic rings. The van der Waals surface area contributed by atoms with Crippen molar-refractivity contribution in [2.45, 2.75) is 12.4 Å². The Labute approximate surface area is 135 Å². The van der Waals surface area contributed by atoms with Gasteiger partial charge in [0.2, 0.25) is 0 Å². The Morgan fingerprint density at radius 2 is 2.21 bits per heavy atom. The molecule has 3 rings (SSSR count). The molecule has 0 aromatic carbocycles. The van der Waals surface area contributed by atoms with Gasteiger partial charge in [-0.3, -0.25) is 9.97 Å². The van der Waals surface area contributed by atoms with Crippen molar-refractivity contribution in [2.24, 2.45) is 0 Å². The number of aromatic nitrogens is 4. The zero-order valence-electron chi connectivity index (χ0n) is 12.9. The molecule has 3 heterocycles. The largest absolute Gasteiger partial charge is 0.425 e. The minimum absolute atomic E-state index is 0.0728. The quantitative estimate of drug-likeness (QED) is 0.393. The molecule has 2 aromatic rings. The number of H-pyrrole nitrogens is 1. The minimum Gasteiger partial charge on any atom is -0.425 e. The topological polar surface area (TPSA) is 145 Å². The van der Waals surface area contributed by atoms with E-state index in [2.05, 4.69) is 15.0 Å². The van der Waals surface area contributed by atoms with Gasteiger partial charge in [-0.25, -0.2) is 9.97 Å². The average molecular weight is 357 g/mol. The number of hydrogen-bond acceptors (Lipinski definition) is 9. The van der Waals surface area contributed by atoms with E-state index in [4.69, 9.17) is 23.9 Å². The van der Waals surface area contributed by atoms with E-state index in [9.17, 15) is 9.77 Å². The van der Waals surface area contributed by atoms with Gasteiger partial charge in [-0.2, -0.15) is 0 Å². The van der Waals surface area contributed by atoms with Crippen LogP contribution in [0.1, 0.15) is 11.9 Å². The highest BCUT2D eigenvalue weighted by molar-refractivity contribution is 7.53. The van der Waals surface area contributed by atoms with Crippen molar-refractivity contribution in [3.63, 3.8) is 0 Å². The number of imidazole rings is 1. The summed E-state index contributed by atoms with van der Waals surface area (Å²) in [6.07, 6.45) is 2.68. The van der Waals surface area contributed by atoms with Crippen molar-refractivity contribution in [1.29, 1.82) is 5.41 Å². The lowest BCUT2D eigenvalue weighted by atomic mass is 10.3. The van der Waals surface area contributed by atoms with E-state index < -0.39 is 20.0 Å². The maximum absolute atomic E-state index is 11.9. The molecule has 130 valence electrons. The van der Waals surface area contributed by atoms with E-state index in [1.165, 1.54) is 20.5 Å². The van der Waals surface area contributed by atoms with Gasteiger partial charge in [-0.15, -0.1) is 4.73 Å². The summed E-state index contributed by atoms with van der Waals surface area (Å²) in [6.45, 7) is 0. The molecular weight excluding hydrogens is 341 g/mol. The molecular formula is C12H16N5O6P. The van der Waals surface area contributed by atoms with Crippen LogP contribution < -0.4 is 5.49 Å². The standard InChI is InChI=1S/C12H16N5O6P/c1-20-24(19,21-2)6-22-8-4-3-7(23-8)12-16-11-9(14-5-15-11)10(13)17(12)18/h3-5,7-8,13,18H,6H2,1-2H3,(H,14,15). The van der Waals surface area contributed by atoms with Gasteiger partial charge in [-0.05, 0) is 12.2 Å². The number of rotatable bonds is 6. The van der Waals surface area contributed by atoms with Crippen LogP contribution in [0, 0.1) is 5.41 Å². The second-order valence-corrected chi connectivity index (χ2v) is 7.02. The molecule has 24 heavy (non-hydrogen) atoms. The van der Waals surface area contributed by atoms with Crippen LogP contribution in [0.4, 0.5) is 0 Å². The maximum atomic E-state index is 11.9. The molecule has 0 radical (unpaired) electrons. The van der Waals surface area contributed by atoms with Crippen LogP contribution in [0.3, 0.4) is 0 Å². The van der Waals surface area contributed by atoms with Gasteiger partial charge in [0.1, 0.15) is 11.6 Å². The summed E-state index contributed by atoms with van der Waals surface area (Å²) >= 11 is 0. The first-order chi connectivity index (χ1) is 11.5. The summed E-state index contributed by atoms with van der Waals surface area (Å²) in [4.78, 5) is 10.9. The van der Waals surface area contributed by atoms with E-state index in [1.54, 1.807) is 12.2 Å². The van der Waals surface area contributed by atoms with Gasteiger partial charge in [0.15, 0.2) is 29.6 Å². The molecule has 2 aromatic heterocycles. The predicted octanol–water partition coefficient (Wildman–Crippen LogP) is 0.890. The van der Waals surface area contributed by atoms with E-state index in [0.29, 0.717) is 10.2 Å². The minimum atomic E-state index is -3.32. The Morgan fingerprint density at radius 1 is 1.46 bits per heavy atom. The van der Waals surface area contributed by atoms with Crippen LogP contribution in [0.2, 0.25) is 0 Å². The number of fused-ring (bicyclic) bond motifs is 1. The molecule has 0 spiro atoms. The first-order valence-corrected chi connectivity index (χ1v) is 8.56. The Kier molecular flexibility index (Phi) is 4.52. The molecule has 2 unspecified atom stereocenters. The third-order valence-corrected chi connectivity index (χ3v) is 5.01. The smallest absolute Gasteiger partial charge is 0.355 e. The molecule has 0 amide bonds. The molecule has 2 atom stereocenters. The number of nitrogens with zero attached hydrogens (tertiary/aromatic N) is 3. The molecule has 0 saturated heterocycles. The number of aromatic amines is 1. The summed E-state index contributed by atoms with van der Waals surface area (Å²) in [5, 5.41) is 18.0. The van der Waals surface area contributed by atoms with E-state index >= 15 is 0 Å². The highest BCUT2D eigenvalue weighted by Crippen LogP contribution is 2.46. The van der Waals surface area contributed by atoms with Crippen LogP contribution in [0.25, 0.3) is 11.2 Å². The summed E-state index contributed by atoms with van der Waals surface area (Å²) in [6, 6.07) is 0. The van der Waals surface area contributed by atoms with Crippen molar-refractivity contribution >= 4 is 18.8 Å². The molecule has 3 N–H and O–H groups in total. The highest BCUT2D eigenvalue weighted by Gasteiger charge is 2.29. The lowest BCUT2D eigenvalue weighted by Crippen LogP contribution is -2.26. The first kappa shape index (κ1) is 16.8. The van der Waals surface area contributed by atoms with Crippen molar-refractivity contribution < 1.29 is 28.3 Å². The zero-order valence-corrected chi connectivity index (χ0v) is 13.8. The average Bonchev–Trinajstić information content (AvgIpc) is 3.25. The molecule has 0 aliphatic carbocycles. The molecule has 11 nitrogen and oxygen atoms in total. The van der Waals surface area contributed by atoms with Crippen LogP contribution in [-0.4, -0.2) is 51.7 Å². The predicted molar refractivity (Wildman–Crippen MR) is 79.2 cm³/mol. The third-order valence-electron chi connectivity index (χ3n) is 3.44. The Hall–Kier alpha value is -2.04. The summed E-state index contributed by atoms with van der Waals surface area (Å²) in [5.74, 6) is 0.0728. The van der Waals surface area contributed by atoms with Crippen molar-refractivity contribution in [1.82, 2.24) is 19.7 Å². The Balaban J connectivity index is 1.75. The van der Waals surface area contributed by atoms with Crippen LogP contribution in [0.5, 0.6) is 0 Å². The van der Waals surface area contributed by atoms with Gasteiger partial charge in [0, 0.05) is 14.2 Å². The second kappa shape index (κ2) is 6.46. The fourth-order valence-electron chi connectivity index (χ4n) is 2.12. The van der Waals surface area contributed by atoms with Crippen molar-refractivity contribution in [3.8, 4) is 0 Å². The van der Waals surface area contributed by atoms with Crippen molar-refractivity contribution in [3.05, 3.63) is 29.8 Å². The van der Waals surface area contributed by atoms with Crippen LogP contribution >= 0.6 is 7.60 Å². The second-order valence-electron chi connectivity index (χ2n) is 4.81. The fourth-order valence-corrected chi connectivity index (χ4v) is 2.81. The number of nitrogens with one attached hydrogen (secondary N) is 2. The highest BCUT2D eigenvalue weighted by atomic mass is 31.2. The summed E-state index contributed by atoms with van der Waals surface area (Å²) < 4.78 is 33.0. The Bertz CT molecular complexity index is 868. The summed E-state index contributed by atoms with van der Waals surface area (Å²) in [5.41, 5.74) is 0.388. The SMILES string of the molecule is COP(=O)(COC1C=CC(c2nc3nc[nH]c3c(=N)n2O)O1)OC. The van der Waals surface area contributed by atoms with E-state index in [0.717, 1.165) is 0 Å². The third kappa shape index (κ3) is 2.99. The fraction of sp³-hybridized carbons (Fsp3) is 0.417. The number of hydrogen-bond donors (Lipinski definition) is 3. The van der Waals surface area contributed by atoms with E-state index in [-0.39, 0.29) is 23.3 Å². The van der Waals surface area contributed by atoms with Crippen LogP contribution in [0.15, 0.2) is 18.5 Å². The zero-order chi connectivity index (χ0) is 17.3. The van der Waals surface area contributed by atoms with Gasteiger partial charge >= 0.3 is 7.60 Å². The van der Waals surface area contributed by atoms with E-state index in [1.807, 2.05) is 0 Å². The van der Waals surface area contributed by atoms with Gasteiger partial charge < -0.3 is 28.7 Å². The van der Waals surface area contributed by atoms with Gasteiger partial charge in [0.25, 0.3) is 0 Å². The molecule has 0 bridgehead atoms. The van der Waals surface area contributed by atoms with Crippen LogP contribution in [-0.2, 0) is 23.1 Å². The normalized spacial score (nSPS) is 20.9. The molecule has 12 heteroatoms.